The molecule has 0 aliphatic carbocycles. The number of rotatable bonds is 3. The molecule has 0 atom stereocenters. The summed E-state index contributed by atoms with van der Waals surface area (Å²) in [5.41, 5.74) is 6.34. The zero-order chi connectivity index (χ0) is 14.0. The molecule has 2 aromatic rings. The summed E-state index contributed by atoms with van der Waals surface area (Å²) in [6.45, 7) is 0. The average molecular weight is 409 g/mol. The zero-order valence-electron chi connectivity index (χ0n) is 9.60. The van der Waals surface area contributed by atoms with Crippen LogP contribution in [0.15, 0.2) is 47.4 Å². The molecule has 19 heavy (non-hydrogen) atoms. The summed E-state index contributed by atoms with van der Waals surface area (Å²) in [5, 5.41) is 0.327. The van der Waals surface area contributed by atoms with Gasteiger partial charge in [0.15, 0.2) is 0 Å². The van der Waals surface area contributed by atoms with Crippen molar-refractivity contribution >= 4 is 55.6 Å². The van der Waals surface area contributed by atoms with Crippen molar-refractivity contribution in [1.82, 2.24) is 0 Å². The van der Waals surface area contributed by atoms with Crippen LogP contribution < -0.4 is 10.5 Å². The van der Waals surface area contributed by atoms with Crippen molar-refractivity contribution < 1.29 is 8.42 Å². The first kappa shape index (κ1) is 14.4. The Morgan fingerprint density at radius 2 is 1.89 bits per heavy atom. The summed E-state index contributed by atoms with van der Waals surface area (Å²) < 4.78 is 27.8. The number of sulfonamides is 1. The minimum Gasteiger partial charge on any atom is -0.397 e. The molecule has 0 unspecified atom stereocenters. The van der Waals surface area contributed by atoms with E-state index in [2.05, 4.69) is 27.3 Å². The Kier molecular flexibility index (Phi) is 4.22. The van der Waals surface area contributed by atoms with Gasteiger partial charge in [0, 0.05) is 9.26 Å². The van der Waals surface area contributed by atoms with E-state index in [4.69, 9.17) is 17.3 Å². The molecule has 7 heteroatoms. The Bertz CT molecular complexity index is 719. The SMILES string of the molecule is Nc1cc(S(=O)(=O)Nc2cccc(I)c2)ccc1Cl. The van der Waals surface area contributed by atoms with Crippen molar-refractivity contribution in [2.75, 3.05) is 10.5 Å². The van der Waals surface area contributed by atoms with Crippen molar-refractivity contribution in [2.45, 2.75) is 4.90 Å². The molecular weight excluding hydrogens is 399 g/mol. The largest absolute Gasteiger partial charge is 0.397 e. The first-order chi connectivity index (χ1) is 8.88. The van der Waals surface area contributed by atoms with E-state index in [1.807, 2.05) is 6.07 Å². The van der Waals surface area contributed by atoms with Gasteiger partial charge in [0.1, 0.15) is 0 Å². The lowest BCUT2D eigenvalue weighted by molar-refractivity contribution is 0.601. The normalized spacial score (nSPS) is 11.3. The number of nitrogen functional groups attached to an aromatic ring is 1. The quantitative estimate of drug-likeness (QED) is 0.604. The van der Waals surface area contributed by atoms with Gasteiger partial charge in [-0.15, -0.1) is 0 Å². The molecule has 0 bridgehead atoms. The van der Waals surface area contributed by atoms with Crippen molar-refractivity contribution in [3.05, 3.63) is 51.1 Å². The number of halogens is 2. The molecule has 0 fully saturated rings. The topological polar surface area (TPSA) is 72.2 Å². The third-order valence-electron chi connectivity index (χ3n) is 2.35. The molecule has 0 amide bonds. The second kappa shape index (κ2) is 5.56. The fourth-order valence-electron chi connectivity index (χ4n) is 1.46. The standard InChI is InChI=1S/C12H10ClIN2O2S/c13-11-5-4-10(7-12(11)15)19(17,18)16-9-3-1-2-8(14)6-9/h1-7,16H,15H2. The third kappa shape index (κ3) is 3.52. The van der Waals surface area contributed by atoms with Crippen LogP contribution >= 0.6 is 34.2 Å². The maximum absolute atomic E-state index is 12.2. The lowest BCUT2D eigenvalue weighted by Gasteiger charge is -2.09. The number of anilines is 2. The predicted octanol–water partition coefficient (Wildman–Crippen LogP) is 3.33. The Morgan fingerprint density at radius 1 is 1.16 bits per heavy atom. The number of hydrogen-bond donors (Lipinski definition) is 2. The first-order valence-electron chi connectivity index (χ1n) is 5.22. The summed E-state index contributed by atoms with van der Waals surface area (Å²) in [4.78, 5) is 0.0771. The summed E-state index contributed by atoms with van der Waals surface area (Å²) >= 11 is 7.88. The Hall–Kier alpha value is -0.990. The van der Waals surface area contributed by atoms with Gasteiger partial charge in [0.05, 0.1) is 15.6 Å². The van der Waals surface area contributed by atoms with Crippen molar-refractivity contribution in [1.29, 1.82) is 0 Å². The Balaban J connectivity index is 2.35. The molecule has 0 saturated heterocycles. The van der Waals surface area contributed by atoms with Gasteiger partial charge in [-0.3, -0.25) is 4.72 Å². The van der Waals surface area contributed by atoms with E-state index in [9.17, 15) is 8.42 Å². The van der Waals surface area contributed by atoms with Gasteiger partial charge in [-0.1, -0.05) is 17.7 Å². The van der Waals surface area contributed by atoms with Gasteiger partial charge >= 0.3 is 0 Å². The van der Waals surface area contributed by atoms with E-state index in [1.165, 1.54) is 18.2 Å². The predicted molar refractivity (Wildman–Crippen MR) is 85.8 cm³/mol. The highest BCUT2D eigenvalue weighted by molar-refractivity contribution is 14.1. The van der Waals surface area contributed by atoms with Crippen LogP contribution in [0.4, 0.5) is 11.4 Å². The maximum atomic E-state index is 12.2. The Morgan fingerprint density at radius 3 is 2.53 bits per heavy atom. The Labute approximate surface area is 130 Å². The molecule has 3 N–H and O–H groups in total. The minimum absolute atomic E-state index is 0.0771. The van der Waals surface area contributed by atoms with Crippen LogP contribution in [0, 0.1) is 3.57 Å². The van der Waals surface area contributed by atoms with Crippen molar-refractivity contribution in [3.63, 3.8) is 0 Å². The van der Waals surface area contributed by atoms with Crippen LogP contribution in [-0.4, -0.2) is 8.42 Å². The van der Waals surface area contributed by atoms with Crippen LogP contribution in [0.1, 0.15) is 0 Å². The lowest BCUT2D eigenvalue weighted by atomic mass is 10.3. The van der Waals surface area contributed by atoms with E-state index in [0.717, 1.165) is 3.57 Å². The average Bonchev–Trinajstić information content (AvgIpc) is 2.32. The van der Waals surface area contributed by atoms with Gasteiger partial charge in [0.2, 0.25) is 0 Å². The van der Waals surface area contributed by atoms with Gasteiger partial charge in [-0.2, -0.15) is 0 Å². The summed E-state index contributed by atoms with van der Waals surface area (Å²) in [6, 6.07) is 11.3. The number of benzene rings is 2. The van der Waals surface area contributed by atoms with Crippen molar-refractivity contribution in [2.24, 2.45) is 0 Å². The van der Waals surface area contributed by atoms with Crippen LogP contribution in [-0.2, 0) is 10.0 Å². The fourth-order valence-corrected chi connectivity index (χ4v) is 3.20. The minimum atomic E-state index is -3.66. The van der Waals surface area contributed by atoms with Crippen LogP contribution in [0.2, 0.25) is 5.02 Å². The molecule has 0 radical (unpaired) electrons. The van der Waals surface area contributed by atoms with Crippen LogP contribution in [0.5, 0.6) is 0 Å². The summed E-state index contributed by atoms with van der Waals surface area (Å²) in [7, 11) is -3.66. The lowest BCUT2D eigenvalue weighted by Crippen LogP contribution is -2.13. The summed E-state index contributed by atoms with van der Waals surface area (Å²) in [6.07, 6.45) is 0. The smallest absolute Gasteiger partial charge is 0.261 e. The molecule has 0 aliphatic rings. The zero-order valence-corrected chi connectivity index (χ0v) is 13.3. The van der Waals surface area contributed by atoms with Crippen LogP contribution in [0.25, 0.3) is 0 Å². The second-order valence-corrected chi connectivity index (χ2v) is 7.13. The van der Waals surface area contributed by atoms with E-state index < -0.39 is 10.0 Å². The molecule has 0 heterocycles. The molecule has 0 saturated carbocycles. The fraction of sp³-hybridized carbons (Fsp3) is 0. The van der Waals surface area contributed by atoms with Gasteiger partial charge in [0.25, 0.3) is 10.0 Å². The monoisotopic (exact) mass is 408 g/mol. The van der Waals surface area contributed by atoms with E-state index in [1.54, 1.807) is 18.2 Å². The highest BCUT2D eigenvalue weighted by Gasteiger charge is 2.15. The molecular formula is C12H10ClIN2O2S. The highest BCUT2D eigenvalue weighted by Crippen LogP contribution is 2.24. The molecule has 2 aromatic carbocycles. The van der Waals surface area contributed by atoms with Crippen LogP contribution in [0.3, 0.4) is 0 Å². The molecule has 2 rings (SSSR count). The second-order valence-electron chi connectivity index (χ2n) is 3.80. The van der Waals surface area contributed by atoms with Gasteiger partial charge < -0.3 is 5.73 Å². The molecule has 100 valence electrons. The van der Waals surface area contributed by atoms with Gasteiger partial charge in [-0.05, 0) is 59.0 Å². The van der Waals surface area contributed by atoms with Gasteiger partial charge in [-0.25, -0.2) is 8.42 Å². The van der Waals surface area contributed by atoms with E-state index in [-0.39, 0.29) is 10.6 Å². The van der Waals surface area contributed by atoms with E-state index in [0.29, 0.717) is 10.7 Å². The third-order valence-corrected chi connectivity index (χ3v) is 4.75. The number of nitrogens with two attached hydrogens (primary N) is 1. The first-order valence-corrected chi connectivity index (χ1v) is 8.16. The molecule has 0 aromatic heterocycles. The molecule has 0 aliphatic heterocycles. The number of nitrogens with one attached hydrogen (secondary N) is 1. The summed E-state index contributed by atoms with van der Waals surface area (Å²) in [5.74, 6) is 0. The number of hydrogen-bond acceptors (Lipinski definition) is 3. The highest BCUT2D eigenvalue weighted by atomic mass is 127. The molecule has 4 nitrogen and oxygen atoms in total. The maximum Gasteiger partial charge on any atom is 0.261 e. The van der Waals surface area contributed by atoms with E-state index >= 15 is 0 Å². The molecule has 0 spiro atoms. The van der Waals surface area contributed by atoms with Crippen molar-refractivity contribution in [3.8, 4) is 0 Å².